The predicted octanol–water partition coefficient (Wildman–Crippen LogP) is 1.75. The van der Waals surface area contributed by atoms with Crippen molar-refractivity contribution in [3.8, 4) is 0 Å². The fourth-order valence-corrected chi connectivity index (χ4v) is 3.55. The third-order valence-corrected chi connectivity index (χ3v) is 4.45. The molecule has 100 valence electrons. The summed E-state index contributed by atoms with van der Waals surface area (Å²) < 4.78 is 26.5. The molecular weight excluding hydrogens is 272 g/mol. The highest BCUT2D eigenvalue weighted by Gasteiger charge is 2.06. The third-order valence-electron chi connectivity index (χ3n) is 2.22. The highest BCUT2D eigenvalue weighted by atomic mass is 32.2. The molecule has 0 aliphatic heterocycles. The van der Waals surface area contributed by atoms with Crippen LogP contribution in [-0.4, -0.2) is 39.3 Å². The molecule has 6 heteroatoms. The molecule has 1 aromatic rings. The number of carbonyl (C=O) groups is 1. The van der Waals surface area contributed by atoms with Gasteiger partial charge in [0.1, 0.15) is 9.84 Å². The lowest BCUT2D eigenvalue weighted by Gasteiger charge is -2.04. The number of hydrogen-bond acceptors (Lipinski definition) is 5. The fraction of sp³-hybridized carbons (Fsp3) is 0.417. The first-order valence-electron chi connectivity index (χ1n) is 5.35. The molecule has 18 heavy (non-hydrogen) atoms. The van der Waals surface area contributed by atoms with E-state index in [-0.39, 0.29) is 11.7 Å². The topological polar surface area (TPSA) is 60.4 Å². The van der Waals surface area contributed by atoms with Gasteiger partial charge < -0.3 is 4.74 Å². The summed E-state index contributed by atoms with van der Waals surface area (Å²) in [6, 6.07) is 7.15. The molecule has 0 amide bonds. The number of methoxy groups -OCH3 is 1. The molecule has 0 aromatic heterocycles. The molecule has 0 N–H and O–H groups in total. The second-order valence-corrected chi connectivity index (χ2v) is 7.24. The van der Waals surface area contributed by atoms with Crippen molar-refractivity contribution >= 4 is 27.6 Å². The normalized spacial score (nSPS) is 11.2. The first kappa shape index (κ1) is 15.0. The van der Waals surface area contributed by atoms with Gasteiger partial charge >= 0.3 is 5.97 Å². The van der Waals surface area contributed by atoms with E-state index < -0.39 is 9.84 Å². The molecular formula is C12H16O4S2. The van der Waals surface area contributed by atoms with Gasteiger partial charge in [-0.1, -0.05) is 12.1 Å². The largest absolute Gasteiger partial charge is 0.465 e. The number of benzene rings is 1. The zero-order chi connectivity index (χ0) is 13.6. The Bertz CT molecular complexity index is 509. The highest BCUT2D eigenvalue weighted by molar-refractivity contribution is 7.99. The minimum atomic E-state index is -2.90. The number of ether oxygens (including phenoxy) is 1. The second-order valence-electron chi connectivity index (χ2n) is 3.87. The van der Waals surface area contributed by atoms with Crippen LogP contribution in [0, 0.1) is 0 Å². The van der Waals surface area contributed by atoms with Gasteiger partial charge in [-0.25, -0.2) is 13.2 Å². The average Bonchev–Trinajstić information content (AvgIpc) is 2.33. The molecule has 4 nitrogen and oxygen atoms in total. The Labute approximate surface area is 112 Å². The van der Waals surface area contributed by atoms with Crippen molar-refractivity contribution in [3.05, 3.63) is 35.4 Å². The maximum Gasteiger partial charge on any atom is 0.337 e. The van der Waals surface area contributed by atoms with Crippen LogP contribution in [0.1, 0.15) is 15.9 Å². The molecule has 0 unspecified atom stereocenters. The van der Waals surface area contributed by atoms with Gasteiger partial charge in [-0.3, -0.25) is 0 Å². The maximum atomic E-state index is 11.3. The van der Waals surface area contributed by atoms with Crippen LogP contribution in [0.4, 0.5) is 0 Å². The molecule has 0 radical (unpaired) electrons. The van der Waals surface area contributed by atoms with Crippen LogP contribution < -0.4 is 0 Å². The Morgan fingerprint density at radius 3 is 2.72 bits per heavy atom. The van der Waals surface area contributed by atoms with Gasteiger partial charge in [-0.05, 0) is 17.7 Å². The van der Waals surface area contributed by atoms with Crippen LogP contribution in [0.2, 0.25) is 0 Å². The number of carbonyl (C=O) groups excluding carboxylic acids is 1. The zero-order valence-electron chi connectivity index (χ0n) is 10.4. The summed E-state index contributed by atoms with van der Waals surface area (Å²) in [5, 5.41) is 0. The zero-order valence-corrected chi connectivity index (χ0v) is 12.0. The summed E-state index contributed by atoms with van der Waals surface area (Å²) in [7, 11) is -1.56. The molecule has 0 saturated heterocycles. The molecule has 0 bridgehead atoms. The van der Waals surface area contributed by atoms with E-state index in [1.807, 2.05) is 6.07 Å². The molecule has 0 fully saturated rings. The lowest BCUT2D eigenvalue weighted by Crippen LogP contribution is -2.05. The Balaban J connectivity index is 2.50. The Morgan fingerprint density at radius 2 is 2.11 bits per heavy atom. The molecule has 0 atom stereocenters. The average molecular weight is 288 g/mol. The predicted molar refractivity (Wildman–Crippen MR) is 73.7 cm³/mol. The molecule has 0 saturated carbocycles. The molecule has 0 aliphatic carbocycles. The van der Waals surface area contributed by atoms with Gasteiger partial charge in [0.15, 0.2) is 0 Å². The molecule has 0 heterocycles. The summed E-state index contributed by atoms with van der Waals surface area (Å²) in [6.07, 6.45) is 1.23. The van der Waals surface area contributed by atoms with Crippen molar-refractivity contribution in [2.75, 3.05) is 24.9 Å². The molecule has 0 aliphatic rings. The van der Waals surface area contributed by atoms with E-state index in [9.17, 15) is 13.2 Å². The maximum absolute atomic E-state index is 11.3. The van der Waals surface area contributed by atoms with Crippen LogP contribution in [-0.2, 0) is 20.3 Å². The van der Waals surface area contributed by atoms with Crippen molar-refractivity contribution in [2.24, 2.45) is 0 Å². The molecule has 0 spiro atoms. The van der Waals surface area contributed by atoms with Crippen molar-refractivity contribution in [1.82, 2.24) is 0 Å². The van der Waals surface area contributed by atoms with Crippen LogP contribution in [0.15, 0.2) is 24.3 Å². The number of sulfone groups is 1. The smallest absolute Gasteiger partial charge is 0.337 e. The Morgan fingerprint density at radius 1 is 1.39 bits per heavy atom. The standard InChI is InChI=1S/C12H16O4S2/c1-16-12(13)11-5-3-4-10(8-11)9-17-6-7-18(2,14)15/h3-5,8H,6-7,9H2,1-2H3. The van der Waals surface area contributed by atoms with Gasteiger partial charge in [-0.15, -0.1) is 0 Å². The number of rotatable bonds is 6. The summed E-state index contributed by atoms with van der Waals surface area (Å²) in [5.74, 6) is 1.05. The van der Waals surface area contributed by atoms with Crippen LogP contribution in [0.25, 0.3) is 0 Å². The SMILES string of the molecule is COC(=O)c1cccc(CSCCS(C)(=O)=O)c1. The van der Waals surface area contributed by atoms with Gasteiger partial charge in [0.05, 0.1) is 18.4 Å². The highest BCUT2D eigenvalue weighted by Crippen LogP contribution is 2.14. The summed E-state index contributed by atoms with van der Waals surface area (Å²) in [5.41, 5.74) is 1.50. The molecule has 1 aromatic carbocycles. The van der Waals surface area contributed by atoms with E-state index in [0.29, 0.717) is 17.1 Å². The fourth-order valence-electron chi connectivity index (χ4n) is 1.31. The van der Waals surface area contributed by atoms with E-state index in [4.69, 9.17) is 0 Å². The molecule has 1 rings (SSSR count). The number of esters is 1. The number of thioether (sulfide) groups is 1. The van der Waals surface area contributed by atoms with E-state index >= 15 is 0 Å². The second kappa shape index (κ2) is 6.80. The van der Waals surface area contributed by atoms with E-state index in [1.54, 1.807) is 18.2 Å². The minimum Gasteiger partial charge on any atom is -0.465 e. The first-order chi connectivity index (χ1) is 8.42. The van der Waals surface area contributed by atoms with Crippen LogP contribution in [0.3, 0.4) is 0 Å². The number of hydrogen-bond donors (Lipinski definition) is 0. The van der Waals surface area contributed by atoms with E-state index in [2.05, 4.69) is 4.74 Å². The summed E-state index contributed by atoms with van der Waals surface area (Å²) in [6.45, 7) is 0. The Hall–Kier alpha value is -1.01. The third kappa shape index (κ3) is 5.55. The lowest BCUT2D eigenvalue weighted by atomic mass is 10.1. The van der Waals surface area contributed by atoms with Crippen LogP contribution >= 0.6 is 11.8 Å². The monoisotopic (exact) mass is 288 g/mol. The van der Waals surface area contributed by atoms with Crippen molar-refractivity contribution < 1.29 is 17.9 Å². The van der Waals surface area contributed by atoms with Crippen molar-refractivity contribution in [2.45, 2.75) is 5.75 Å². The van der Waals surface area contributed by atoms with E-state index in [1.165, 1.54) is 25.1 Å². The summed E-state index contributed by atoms with van der Waals surface area (Å²) in [4.78, 5) is 11.3. The van der Waals surface area contributed by atoms with Crippen molar-refractivity contribution in [1.29, 1.82) is 0 Å². The van der Waals surface area contributed by atoms with Gasteiger partial charge in [0.25, 0.3) is 0 Å². The van der Waals surface area contributed by atoms with Crippen molar-refractivity contribution in [3.63, 3.8) is 0 Å². The quantitative estimate of drug-likeness (QED) is 0.589. The first-order valence-corrected chi connectivity index (χ1v) is 8.56. The van der Waals surface area contributed by atoms with E-state index in [0.717, 1.165) is 5.56 Å². The van der Waals surface area contributed by atoms with Gasteiger partial charge in [0, 0.05) is 17.8 Å². The van der Waals surface area contributed by atoms with Gasteiger partial charge in [0.2, 0.25) is 0 Å². The Kier molecular flexibility index (Phi) is 5.68. The summed E-state index contributed by atoms with van der Waals surface area (Å²) >= 11 is 1.53. The van der Waals surface area contributed by atoms with Crippen LogP contribution in [0.5, 0.6) is 0 Å². The van der Waals surface area contributed by atoms with Gasteiger partial charge in [-0.2, -0.15) is 11.8 Å². The minimum absolute atomic E-state index is 0.175. The lowest BCUT2D eigenvalue weighted by molar-refractivity contribution is 0.0600.